The Kier molecular flexibility index (Phi) is 11.8. The number of nitrogens with one attached hydrogen (secondary N) is 2. The molecule has 0 spiro atoms. The van der Waals surface area contributed by atoms with E-state index in [1.807, 2.05) is 37.1 Å². The summed E-state index contributed by atoms with van der Waals surface area (Å²) >= 11 is 0. The molecule has 0 atom stereocenters. The van der Waals surface area contributed by atoms with Crippen molar-refractivity contribution in [2.45, 2.75) is 26.5 Å². The number of carbonyl (C=O) groups excluding carboxylic acids is 1. The average molecular weight is 546 g/mol. The van der Waals surface area contributed by atoms with Gasteiger partial charge in [0.1, 0.15) is 5.75 Å². The third-order valence-electron chi connectivity index (χ3n) is 4.34. The van der Waals surface area contributed by atoms with Crippen LogP contribution < -0.4 is 15.4 Å². The van der Waals surface area contributed by atoms with Crippen molar-refractivity contribution >= 4 is 35.8 Å². The number of benzene rings is 2. The van der Waals surface area contributed by atoms with Gasteiger partial charge in [0.25, 0.3) is 5.91 Å². The molecule has 0 saturated carbocycles. The van der Waals surface area contributed by atoms with Crippen LogP contribution in [0.3, 0.4) is 0 Å². The van der Waals surface area contributed by atoms with Crippen molar-refractivity contribution in [1.29, 1.82) is 0 Å². The molecule has 0 aliphatic heterocycles. The van der Waals surface area contributed by atoms with E-state index in [1.54, 1.807) is 25.2 Å². The third kappa shape index (κ3) is 9.07. The first-order valence-electron chi connectivity index (χ1n) is 9.77. The fourth-order valence-electron chi connectivity index (χ4n) is 2.90. The molecule has 0 bridgehead atoms. The highest BCUT2D eigenvalue weighted by Crippen LogP contribution is 2.16. The van der Waals surface area contributed by atoms with Crippen molar-refractivity contribution < 1.29 is 18.3 Å². The number of alkyl halides is 2. The number of nitrogens with zero attached hydrogens (tertiary/aromatic N) is 2. The Labute approximate surface area is 199 Å². The maximum absolute atomic E-state index is 12.3. The molecule has 0 aromatic heterocycles. The van der Waals surface area contributed by atoms with Gasteiger partial charge >= 0.3 is 6.61 Å². The van der Waals surface area contributed by atoms with Crippen LogP contribution in [0.15, 0.2) is 53.5 Å². The Bertz CT molecular complexity index is 848. The van der Waals surface area contributed by atoms with Crippen molar-refractivity contribution in [3.05, 3.63) is 65.2 Å². The molecule has 1 amide bonds. The molecule has 2 aromatic rings. The van der Waals surface area contributed by atoms with E-state index in [2.05, 4.69) is 20.4 Å². The second kappa shape index (κ2) is 13.8. The Morgan fingerprint density at radius 3 is 2.48 bits per heavy atom. The molecule has 170 valence electrons. The normalized spacial score (nSPS) is 11.0. The smallest absolute Gasteiger partial charge is 0.387 e. The Morgan fingerprint density at radius 1 is 1.16 bits per heavy atom. The van der Waals surface area contributed by atoms with Gasteiger partial charge < -0.3 is 20.3 Å². The van der Waals surface area contributed by atoms with Gasteiger partial charge in [0.15, 0.2) is 5.96 Å². The molecule has 0 aliphatic rings. The minimum absolute atomic E-state index is 0. The minimum Gasteiger partial charge on any atom is -0.435 e. The van der Waals surface area contributed by atoms with Crippen molar-refractivity contribution in [2.24, 2.45) is 4.99 Å². The maximum Gasteiger partial charge on any atom is 0.387 e. The molecular formula is C22H29F2IN4O2. The molecule has 2 N–H and O–H groups in total. The first-order valence-corrected chi connectivity index (χ1v) is 9.77. The van der Waals surface area contributed by atoms with Gasteiger partial charge in [-0.2, -0.15) is 8.78 Å². The molecule has 31 heavy (non-hydrogen) atoms. The number of rotatable bonds is 9. The summed E-state index contributed by atoms with van der Waals surface area (Å²) in [5, 5.41) is 5.88. The van der Waals surface area contributed by atoms with Crippen LogP contribution in [0.1, 0.15) is 28.4 Å². The molecular weight excluding hydrogens is 517 g/mol. The summed E-state index contributed by atoms with van der Waals surface area (Å²) in [6.45, 7) is 1.00. The average Bonchev–Trinajstić information content (AvgIpc) is 2.73. The summed E-state index contributed by atoms with van der Waals surface area (Å²) in [5.74, 6) is 0.766. The van der Waals surface area contributed by atoms with Gasteiger partial charge in [-0.3, -0.25) is 9.79 Å². The number of aliphatic imine (C=N–C) groups is 1. The summed E-state index contributed by atoms with van der Waals surface area (Å²) in [6, 6.07) is 14.0. The van der Waals surface area contributed by atoms with Crippen LogP contribution in [-0.4, -0.2) is 50.6 Å². The van der Waals surface area contributed by atoms with Gasteiger partial charge in [-0.25, -0.2) is 0 Å². The van der Waals surface area contributed by atoms with Crippen molar-refractivity contribution in [2.75, 3.05) is 27.2 Å². The summed E-state index contributed by atoms with van der Waals surface area (Å²) in [7, 11) is 3.52. The maximum atomic E-state index is 12.3. The van der Waals surface area contributed by atoms with Gasteiger partial charge in [0.05, 0.1) is 0 Å². The fraction of sp³-hybridized carbons (Fsp3) is 0.364. The highest BCUT2D eigenvalue weighted by Gasteiger charge is 2.09. The molecule has 0 unspecified atom stereocenters. The molecule has 0 radical (unpaired) electrons. The number of hydrogen-bond donors (Lipinski definition) is 2. The molecule has 2 rings (SSSR count). The van der Waals surface area contributed by atoms with Crippen LogP contribution in [0.25, 0.3) is 0 Å². The van der Waals surface area contributed by atoms with Gasteiger partial charge in [-0.15, -0.1) is 24.0 Å². The zero-order valence-electron chi connectivity index (χ0n) is 17.9. The van der Waals surface area contributed by atoms with Crippen LogP contribution in [0.2, 0.25) is 0 Å². The van der Waals surface area contributed by atoms with Crippen LogP contribution in [0.4, 0.5) is 8.78 Å². The predicted octanol–water partition coefficient (Wildman–Crippen LogP) is 3.91. The molecule has 0 aliphatic carbocycles. The van der Waals surface area contributed by atoms with Crippen molar-refractivity contribution in [3.8, 4) is 5.75 Å². The predicted molar refractivity (Wildman–Crippen MR) is 129 cm³/mol. The molecule has 6 nitrogen and oxygen atoms in total. The largest absolute Gasteiger partial charge is 0.435 e. The van der Waals surface area contributed by atoms with Crippen LogP contribution in [0, 0.1) is 0 Å². The second-order valence-electron chi connectivity index (χ2n) is 6.64. The van der Waals surface area contributed by atoms with E-state index < -0.39 is 6.61 Å². The Hall–Kier alpha value is -2.43. The van der Waals surface area contributed by atoms with E-state index in [9.17, 15) is 13.6 Å². The molecule has 2 aromatic carbocycles. The minimum atomic E-state index is -2.83. The van der Waals surface area contributed by atoms with Gasteiger partial charge in [0, 0.05) is 39.3 Å². The van der Waals surface area contributed by atoms with E-state index in [0.717, 1.165) is 23.6 Å². The van der Waals surface area contributed by atoms with E-state index >= 15 is 0 Å². The molecule has 0 fully saturated rings. The van der Waals surface area contributed by atoms with Crippen LogP contribution in [-0.2, 0) is 13.0 Å². The lowest BCUT2D eigenvalue weighted by atomic mass is 10.1. The number of carbonyl (C=O) groups is 1. The van der Waals surface area contributed by atoms with Gasteiger partial charge in [-0.05, 0) is 48.7 Å². The summed E-state index contributed by atoms with van der Waals surface area (Å²) in [6.07, 6.45) is 0.702. The first-order chi connectivity index (χ1) is 14.4. The first kappa shape index (κ1) is 26.6. The molecule has 0 heterocycles. The lowest BCUT2D eigenvalue weighted by molar-refractivity contribution is -0.0498. The Morgan fingerprint density at radius 2 is 1.87 bits per heavy atom. The van der Waals surface area contributed by atoms with Crippen molar-refractivity contribution in [3.63, 3.8) is 0 Å². The lowest BCUT2D eigenvalue weighted by Gasteiger charge is -2.22. The van der Waals surface area contributed by atoms with E-state index in [4.69, 9.17) is 0 Å². The standard InChI is InChI=1S/C22H28F2N4O2.HI/c1-4-26-22(27-13-12-16-6-5-7-18(14-16)20(29)25-2)28(3)15-17-8-10-19(11-9-17)30-21(23)24;/h5-11,14,21H,4,12-13,15H2,1-3H3,(H,25,29)(H,26,27);1H. The monoisotopic (exact) mass is 546 g/mol. The van der Waals surface area contributed by atoms with Gasteiger partial charge in [0.2, 0.25) is 0 Å². The SMILES string of the molecule is CCNC(=NCCc1cccc(C(=O)NC)c1)N(C)Cc1ccc(OC(F)F)cc1.I. The fourth-order valence-corrected chi connectivity index (χ4v) is 2.90. The number of halogens is 3. The van der Waals surface area contributed by atoms with E-state index in [1.165, 1.54) is 12.1 Å². The number of guanidine groups is 1. The topological polar surface area (TPSA) is 66.0 Å². The molecule has 9 heteroatoms. The Balaban J connectivity index is 0.00000480. The lowest BCUT2D eigenvalue weighted by Crippen LogP contribution is -2.38. The number of hydrogen-bond acceptors (Lipinski definition) is 3. The van der Waals surface area contributed by atoms with Gasteiger partial charge in [-0.1, -0.05) is 24.3 Å². The summed E-state index contributed by atoms with van der Waals surface area (Å²) < 4.78 is 28.9. The number of ether oxygens (including phenoxy) is 1. The quantitative estimate of drug-likeness (QED) is 0.285. The summed E-state index contributed by atoms with van der Waals surface area (Å²) in [4.78, 5) is 18.4. The van der Waals surface area contributed by atoms with Crippen molar-refractivity contribution in [1.82, 2.24) is 15.5 Å². The van der Waals surface area contributed by atoms with Crippen LogP contribution in [0.5, 0.6) is 5.75 Å². The van der Waals surface area contributed by atoms with E-state index in [0.29, 0.717) is 25.1 Å². The zero-order valence-corrected chi connectivity index (χ0v) is 20.2. The molecule has 0 saturated heterocycles. The number of amides is 1. The highest BCUT2D eigenvalue weighted by atomic mass is 127. The highest BCUT2D eigenvalue weighted by molar-refractivity contribution is 14.0. The van der Waals surface area contributed by atoms with E-state index in [-0.39, 0.29) is 35.6 Å². The summed E-state index contributed by atoms with van der Waals surface area (Å²) in [5.41, 5.74) is 2.61. The second-order valence-corrected chi connectivity index (χ2v) is 6.64. The van der Waals surface area contributed by atoms with Crippen LogP contribution >= 0.6 is 24.0 Å². The third-order valence-corrected chi connectivity index (χ3v) is 4.34. The zero-order chi connectivity index (χ0) is 21.9.